The van der Waals surface area contributed by atoms with Crippen LogP contribution >= 0.6 is 0 Å². The SMILES string of the molecule is COc1ncc(F)c([N+](=O)[O-])c1C(F)F. The van der Waals surface area contributed by atoms with Crippen LogP contribution in [0.4, 0.5) is 18.9 Å². The topological polar surface area (TPSA) is 65.3 Å². The van der Waals surface area contributed by atoms with Crippen molar-refractivity contribution in [3.63, 3.8) is 0 Å². The van der Waals surface area contributed by atoms with Gasteiger partial charge in [-0.15, -0.1) is 0 Å². The second-order valence-corrected chi connectivity index (χ2v) is 2.44. The van der Waals surface area contributed by atoms with Gasteiger partial charge in [-0.3, -0.25) is 10.1 Å². The van der Waals surface area contributed by atoms with Crippen LogP contribution in [0.3, 0.4) is 0 Å². The van der Waals surface area contributed by atoms with Gasteiger partial charge in [-0.25, -0.2) is 13.8 Å². The van der Waals surface area contributed by atoms with Crippen molar-refractivity contribution in [2.45, 2.75) is 6.43 Å². The Morgan fingerprint density at radius 2 is 2.20 bits per heavy atom. The van der Waals surface area contributed by atoms with Crippen molar-refractivity contribution in [1.29, 1.82) is 0 Å². The van der Waals surface area contributed by atoms with Crippen molar-refractivity contribution in [3.8, 4) is 5.88 Å². The lowest BCUT2D eigenvalue weighted by Gasteiger charge is -2.06. The summed E-state index contributed by atoms with van der Waals surface area (Å²) in [6, 6.07) is 0. The van der Waals surface area contributed by atoms with Crippen LogP contribution in [0.1, 0.15) is 12.0 Å². The molecule has 0 amide bonds. The molecule has 1 heterocycles. The van der Waals surface area contributed by atoms with Gasteiger partial charge >= 0.3 is 5.69 Å². The van der Waals surface area contributed by atoms with E-state index < -0.39 is 34.3 Å². The zero-order chi connectivity index (χ0) is 11.6. The molecule has 0 atom stereocenters. The first-order valence-electron chi connectivity index (χ1n) is 3.64. The molecule has 1 aromatic heterocycles. The lowest BCUT2D eigenvalue weighted by atomic mass is 10.2. The van der Waals surface area contributed by atoms with Gasteiger partial charge in [0.15, 0.2) is 5.56 Å². The third-order valence-corrected chi connectivity index (χ3v) is 1.60. The van der Waals surface area contributed by atoms with Gasteiger partial charge < -0.3 is 4.74 Å². The Morgan fingerprint density at radius 3 is 2.60 bits per heavy atom. The highest BCUT2D eigenvalue weighted by molar-refractivity contribution is 5.47. The minimum atomic E-state index is -3.23. The van der Waals surface area contributed by atoms with Crippen molar-refractivity contribution in [2.75, 3.05) is 7.11 Å². The molecule has 1 rings (SSSR count). The summed E-state index contributed by atoms with van der Waals surface area (Å²) in [6.07, 6.45) is -2.77. The summed E-state index contributed by atoms with van der Waals surface area (Å²) in [5.74, 6) is -2.07. The molecule has 0 aliphatic heterocycles. The van der Waals surface area contributed by atoms with Crippen LogP contribution < -0.4 is 4.74 Å². The second-order valence-electron chi connectivity index (χ2n) is 2.44. The number of nitrogens with zero attached hydrogens (tertiary/aromatic N) is 2. The first-order valence-corrected chi connectivity index (χ1v) is 3.64. The van der Waals surface area contributed by atoms with E-state index in [9.17, 15) is 23.3 Å². The zero-order valence-electron chi connectivity index (χ0n) is 7.41. The maximum Gasteiger partial charge on any atom is 0.320 e. The maximum atomic E-state index is 12.9. The van der Waals surface area contributed by atoms with E-state index in [-0.39, 0.29) is 0 Å². The molecule has 0 spiro atoms. The number of hydrogen-bond acceptors (Lipinski definition) is 4. The van der Waals surface area contributed by atoms with Crippen LogP contribution in [-0.2, 0) is 0 Å². The maximum absolute atomic E-state index is 12.9. The number of nitro groups is 1. The molecule has 0 radical (unpaired) electrons. The van der Waals surface area contributed by atoms with E-state index in [1.165, 1.54) is 0 Å². The van der Waals surface area contributed by atoms with Crippen molar-refractivity contribution in [2.24, 2.45) is 0 Å². The van der Waals surface area contributed by atoms with Crippen LogP contribution in [0.2, 0.25) is 0 Å². The van der Waals surface area contributed by atoms with E-state index in [0.717, 1.165) is 7.11 Å². The van der Waals surface area contributed by atoms with Crippen LogP contribution in [0, 0.1) is 15.9 Å². The second kappa shape index (κ2) is 4.11. The average Bonchev–Trinajstić information content (AvgIpc) is 2.16. The Morgan fingerprint density at radius 1 is 1.60 bits per heavy atom. The van der Waals surface area contributed by atoms with E-state index in [2.05, 4.69) is 9.72 Å². The zero-order valence-corrected chi connectivity index (χ0v) is 7.41. The van der Waals surface area contributed by atoms with E-state index in [4.69, 9.17) is 0 Å². The third-order valence-electron chi connectivity index (χ3n) is 1.60. The summed E-state index contributed by atoms with van der Waals surface area (Å²) < 4.78 is 42.1. The minimum Gasteiger partial charge on any atom is -0.480 e. The average molecular weight is 222 g/mol. The van der Waals surface area contributed by atoms with E-state index in [1.807, 2.05) is 0 Å². The molecule has 0 aliphatic carbocycles. The number of hydrogen-bond donors (Lipinski definition) is 0. The summed E-state index contributed by atoms with van der Waals surface area (Å²) in [5, 5.41) is 10.4. The molecule has 0 N–H and O–H groups in total. The van der Waals surface area contributed by atoms with Crippen molar-refractivity contribution >= 4 is 5.69 Å². The molecule has 8 heteroatoms. The predicted molar refractivity (Wildman–Crippen MR) is 42.4 cm³/mol. The minimum absolute atomic E-state index is 0.461. The Balaban J connectivity index is 3.51. The number of rotatable bonds is 3. The predicted octanol–water partition coefficient (Wildman–Crippen LogP) is 2.08. The van der Waals surface area contributed by atoms with Gasteiger partial charge in [0, 0.05) is 0 Å². The summed E-state index contributed by atoms with van der Waals surface area (Å²) in [7, 11) is 1.01. The number of methoxy groups -OCH3 is 1. The molecule has 15 heavy (non-hydrogen) atoms. The van der Waals surface area contributed by atoms with Crippen molar-refractivity contribution < 1.29 is 22.8 Å². The molecule has 82 valence electrons. The molecule has 0 aliphatic rings. The van der Waals surface area contributed by atoms with E-state index >= 15 is 0 Å². The van der Waals surface area contributed by atoms with Crippen LogP contribution in [0.25, 0.3) is 0 Å². The molecule has 5 nitrogen and oxygen atoms in total. The number of pyridine rings is 1. The number of ether oxygens (including phenoxy) is 1. The quantitative estimate of drug-likeness (QED) is 0.580. The van der Waals surface area contributed by atoms with E-state index in [1.54, 1.807) is 0 Å². The van der Waals surface area contributed by atoms with Crippen molar-refractivity contribution in [3.05, 3.63) is 27.7 Å². The first-order chi connectivity index (χ1) is 6.99. The highest BCUT2D eigenvalue weighted by Crippen LogP contribution is 2.36. The van der Waals surface area contributed by atoms with Crippen LogP contribution in [0.5, 0.6) is 5.88 Å². The van der Waals surface area contributed by atoms with Crippen LogP contribution in [0.15, 0.2) is 6.20 Å². The fourth-order valence-electron chi connectivity index (χ4n) is 1.02. The van der Waals surface area contributed by atoms with Gasteiger partial charge in [0.25, 0.3) is 6.43 Å². The lowest BCUT2D eigenvalue weighted by Crippen LogP contribution is -2.04. The molecule has 0 bridgehead atoms. The van der Waals surface area contributed by atoms with Gasteiger partial charge in [0.2, 0.25) is 11.7 Å². The fourth-order valence-corrected chi connectivity index (χ4v) is 1.02. The Bertz CT molecular complexity index is 397. The molecule has 0 unspecified atom stereocenters. The standard InChI is InChI=1S/C7H5F3N2O3/c1-15-7-4(6(9)10)5(12(13)14)3(8)2-11-7/h2,6H,1H3. The molecular weight excluding hydrogens is 217 g/mol. The molecule has 0 aromatic carbocycles. The molecule has 0 fully saturated rings. The summed E-state index contributed by atoms with van der Waals surface area (Å²) in [5.41, 5.74) is -2.46. The smallest absolute Gasteiger partial charge is 0.320 e. The van der Waals surface area contributed by atoms with Gasteiger partial charge in [0.05, 0.1) is 18.2 Å². The summed E-state index contributed by atoms with van der Waals surface area (Å²) in [4.78, 5) is 12.3. The normalized spacial score (nSPS) is 10.5. The number of alkyl halides is 2. The lowest BCUT2D eigenvalue weighted by molar-refractivity contribution is -0.389. The fraction of sp³-hybridized carbons (Fsp3) is 0.286. The highest BCUT2D eigenvalue weighted by atomic mass is 19.3. The third kappa shape index (κ3) is 1.97. The Labute approximate surface area is 81.6 Å². The van der Waals surface area contributed by atoms with Gasteiger partial charge in [-0.1, -0.05) is 0 Å². The molecule has 0 saturated heterocycles. The Hall–Kier alpha value is -1.86. The molecular formula is C7H5F3N2O3. The summed E-state index contributed by atoms with van der Waals surface area (Å²) in [6.45, 7) is 0. The summed E-state index contributed by atoms with van der Waals surface area (Å²) >= 11 is 0. The largest absolute Gasteiger partial charge is 0.480 e. The van der Waals surface area contributed by atoms with Crippen molar-refractivity contribution in [1.82, 2.24) is 4.98 Å². The highest BCUT2D eigenvalue weighted by Gasteiger charge is 2.31. The Kier molecular flexibility index (Phi) is 3.08. The van der Waals surface area contributed by atoms with E-state index in [0.29, 0.717) is 6.20 Å². The monoisotopic (exact) mass is 222 g/mol. The van der Waals surface area contributed by atoms with Gasteiger partial charge in [0.1, 0.15) is 0 Å². The number of halogens is 3. The molecule has 0 saturated carbocycles. The van der Waals surface area contributed by atoms with Crippen LogP contribution in [-0.4, -0.2) is 17.0 Å². The van der Waals surface area contributed by atoms with Gasteiger partial charge in [-0.05, 0) is 0 Å². The number of aromatic nitrogens is 1. The molecule has 1 aromatic rings. The van der Waals surface area contributed by atoms with Gasteiger partial charge in [-0.2, -0.15) is 4.39 Å². The first kappa shape index (κ1) is 11.2.